The number of hydrogen-bond acceptors (Lipinski definition) is 6. The highest BCUT2D eigenvalue weighted by Gasteiger charge is 2.19. The molecule has 2 aromatic heterocycles. The van der Waals surface area contributed by atoms with Gasteiger partial charge in [0.2, 0.25) is 17.6 Å². The second-order valence-electron chi connectivity index (χ2n) is 3.73. The molecule has 0 fully saturated rings. The van der Waals surface area contributed by atoms with Crippen LogP contribution in [0.1, 0.15) is 32.2 Å². The van der Waals surface area contributed by atoms with Crippen LogP contribution >= 0.6 is 0 Å². The van der Waals surface area contributed by atoms with E-state index in [1.54, 1.807) is 18.3 Å². The van der Waals surface area contributed by atoms with Crippen LogP contribution in [-0.2, 0) is 4.79 Å². The standard InChI is InChI=1S/C11H13N5O2/c1-3-8(13-7(2)17)11-14-10(16-18-11)9-5-4-6-12-15-9/h4-6,8H,3H2,1-2H3,(H,13,17)/t8-/m1/s1. The maximum absolute atomic E-state index is 11.0. The van der Waals surface area contributed by atoms with E-state index in [1.807, 2.05) is 6.92 Å². The zero-order valence-electron chi connectivity index (χ0n) is 10.1. The van der Waals surface area contributed by atoms with E-state index in [1.165, 1.54) is 6.92 Å². The summed E-state index contributed by atoms with van der Waals surface area (Å²) in [5.74, 6) is 0.594. The molecule has 0 spiro atoms. The lowest BCUT2D eigenvalue weighted by atomic mass is 10.2. The van der Waals surface area contributed by atoms with Gasteiger partial charge in [0.25, 0.3) is 0 Å². The Morgan fingerprint density at radius 1 is 1.56 bits per heavy atom. The van der Waals surface area contributed by atoms with E-state index in [9.17, 15) is 4.79 Å². The van der Waals surface area contributed by atoms with Gasteiger partial charge in [-0.3, -0.25) is 4.79 Å². The SMILES string of the molecule is CC[C@@H](NC(C)=O)c1nc(-c2cccnn2)no1. The predicted molar refractivity (Wildman–Crippen MR) is 62.2 cm³/mol. The third-order valence-electron chi connectivity index (χ3n) is 2.33. The molecule has 2 rings (SSSR count). The van der Waals surface area contributed by atoms with Crippen LogP contribution in [0.2, 0.25) is 0 Å². The molecular weight excluding hydrogens is 234 g/mol. The van der Waals surface area contributed by atoms with Crippen LogP contribution in [0.4, 0.5) is 0 Å². The molecule has 0 aliphatic heterocycles. The van der Waals surface area contributed by atoms with Crippen molar-refractivity contribution in [1.29, 1.82) is 0 Å². The predicted octanol–water partition coefficient (Wildman–Crippen LogP) is 1.11. The fourth-order valence-electron chi connectivity index (χ4n) is 1.49. The van der Waals surface area contributed by atoms with Crippen molar-refractivity contribution >= 4 is 5.91 Å². The monoisotopic (exact) mass is 247 g/mol. The molecule has 2 heterocycles. The fourth-order valence-corrected chi connectivity index (χ4v) is 1.49. The van der Waals surface area contributed by atoms with Gasteiger partial charge in [0, 0.05) is 13.1 Å². The van der Waals surface area contributed by atoms with Gasteiger partial charge >= 0.3 is 0 Å². The summed E-state index contributed by atoms with van der Waals surface area (Å²) in [6, 6.07) is 3.20. The number of nitrogens with one attached hydrogen (secondary N) is 1. The molecule has 2 aromatic rings. The van der Waals surface area contributed by atoms with E-state index in [0.29, 0.717) is 23.8 Å². The lowest BCUT2D eigenvalue weighted by molar-refractivity contribution is -0.119. The first-order valence-electron chi connectivity index (χ1n) is 5.59. The van der Waals surface area contributed by atoms with Gasteiger partial charge in [0.1, 0.15) is 11.7 Å². The Hall–Kier alpha value is -2.31. The van der Waals surface area contributed by atoms with E-state index in [4.69, 9.17) is 4.52 Å². The minimum absolute atomic E-state index is 0.138. The summed E-state index contributed by atoms with van der Waals surface area (Å²) in [6.07, 6.45) is 2.23. The molecule has 1 amide bonds. The minimum Gasteiger partial charge on any atom is -0.345 e. The van der Waals surface area contributed by atoms with Crippen LogP contribution < -0.4 is 5.32 Å². The van der Waals surface area contributed by atoms with Gasteiger partial charge in [0.05, 0.1) is 0 Å². The number of nitrogens with zero attached hydrogens (tertiary/aromatic N) is 4. The molecule has 7 nitrogen and oxygen atoms in total. The number of carbonyl (C=O) groups excluding carboxylic acids is 1. The van der Waals surface area contributed by atoms with Crippen LogP contribution in [-0.4, -0.2) is 26.2 Å². The molecule has 94 valence electrons. The molecule has 0 unspecified atom stereocenters. The average Bonchev–Trinajstić information content (AvgIpc) is 2.86. The van der Waals surface area contributed by atoms with Gasteiger partial charge in [-0.05, 0) is 18.6 Å². The topological polar surface area (TPSA) is 93.8 Å². The van der Waals surface area contributed by atoms with Crippen molar-refractivity contribution in [2.24, 2.45) is 0 Å². The van der Waals surface area contributed by atoms with Gasteiger partial charge in [-0.25, -0.2) is 0 Å². The molecule has 0 radical (unpaired) electrons. The highest BCUT2D eigenvalue weighted by molar-refractivity contribution is 5.73. The Morgan fingerprint density at radius 2 is 2.39 bits per heavy atom. The van der Waals surface area contributed by atoms with Crippen molar-refractivity contribution in [3.8, 4) is 11.5 Å². The lowest BCUT2D eigenvalue weighted by Gasteiger charge is -2.09. The third kappa shape index (κ3) is 2.68. The van der Waals surface area contributed by atoms with E-state index >= 15 is 0 Å². The Kier molecular flexibility index (Phi) is 3.61. The maximum atomic E-state index is 11.0. The van der Waals surface area contributed by atoms with Crippen LogP contribution in [0.15, 0.2) is 22.9 Å². The Labute approximate surface area is 104 Å². The number of hydrogen-bond donors (Lipinski definition) is 1. The van der Waals surface area contributed by atoms with E-state index < -0.39 is 0 Å². The van der Waals surface area contributed by atoms with E-state index in [0.717, 1.165) is 0 Å². The molecule has 1 N–H and O–H groups in total. The molecule has 0 aliphatic rings. The molecule has 0 saturated carbocycles. The van der Waals surface area contributed by atoms with E-state index in [2.05, 4.69) is 25.7 Å². The Bertz CT molecular complexity index is 525. The summed E-state index contributed by atoms with van der Waals surface area (Å²) < 4.78 is 5.13. The van der Waals surface area contributed by atoms with Crippen molar-refractivity contribution in [3.63, 3.8) is 0 Å². The molecule has 0 aromatic carbocycles. The molecule has 18 heavy (non-hydrogen) atoms. The summed E-state index contributed by atoms with van der Waals surface area (Å²) in [4.78, 5) is 15.2. The van der Waals surface area contributed by atoms with Crippen molar-refractivity contribution in [1.82, 2.24) is 25.7 Å². The zero-order chi connectivity index (χ0) is 13.0. The fraction of sp³-hybridized carbons (Fsp3) is 0.364. The quantitative estimate of drug-likeness (QED) is 0.869. The van der Waals surface area contributed by atoms with Crippen LogP contribution in [0, 0.1) is 0 Å². The van der Waals surface area contributed by atoms with Crippen LogP contribution in [0.25, 0.3) is 11.5 Å². The number of amides is 1. The number of aromatic nitrogens is 4. The Morgan fingerprint density at radius 3 is 3.00 bits per heavy atom. The maximum Gasteiger partial charge on any atom is 0.249 e. The smallest absolute Gasteiger partial charge is 0.249 e. The van der Waals surface area contributed by atoms with Gasteiger partial charge in [-0.1, -0.05) is 12.1 Å². The van der Waals surface area contributed by atoms with Gasteiger partial charge in [-0.15, -0.1) is 5.10 Å². The largest absolute Gasteiger partial charge is 0.345 e. The normalized spacial score (nSPS) is 12.1. The molecule has 0 saturated heterocycles. The van der Waals surface area contributed by atoms with Gasteiger partial charge in [-0.2, -0.15) is 10.1 Å². The molecule has 0 aliphatic carbocycles. The first-order chi connectivity index (χ1) is 8.70. The first kappa shape index (κ1) is 12.2. The van der Waals surface area contributed by atoms with Crippen molar-refractivity contribution in [2.45, 2.75) is 26.3 Å². The van der Waals surface area contributed by atoms with Crippen molar-refractivity contribution in [2.75, 3.05) is 0 Å². The highest BCUT2D eigenvalue weighted by Crippen LogP contribution is 2.18. The average molecular weight is 247 g/mol. The van der Waals surface area contributed by atoms with Crippen molar-refractivity contribution in [3.05, 3.63) is 24.2 Å². The van der Waals surface area contributed by atoms with E-state index in [-0.39, 0.29) is 11.9 Å². The molecule has 1 atom stereocenters. The van der Waals surface area contributed by atoms with Crippen LogP contribution in [0.5, 0.6) is 0 Å². The minimum atomic E-state index is -0.277. The number of carbonyl (C=O) groups is 1. The summed E-state index contributed by atoms with van der Waals surface area (Å²) in [5.41, 5.74) is 0.533. The summed E-state index contributed by atoms with van der Waals surface area (Å²) >= 11 is 0. The third-order valence-corrected chi connectivity index (χ3v) is 2.33. The summed E-state index contributed by atoms with van der Waals surface area (Å²) in [6.45, 7) is 3.37. The lowest BCUT2D eigenvalue weighted by Crippen LogP contribution is -2.25. The second kappa shape index (κ2) is 5.35. The molecule has 7 heteroatoms. The second-order valence-corrected chi connectivity index (χ2v) is 3.73. The first-order valence-corrected chi connectivity index (χ1v) is 5.59. The Balaban J connectivity index is 2.22. The molecule has 0 bridgehead atoms. The molecular formula is C11H13N5O2. The van der Waals surface area contributed by atoms with Gasteiger partial charge in [0.15, 0.2) is 0 Å². The zero-order valence-corrected chi connectivity index (χ0v) is 10.1. The highest BCUT2D eigenvalue weighted by atomic mass is 16.5. The summed E-state index contributed by atoms with van der Waals surface area (Å²) in [7, 11) is 0. The summed E-state index contributed by atoms with van der Waals surface area (Å²) in [5, 5.41) is 14.2. The van der Waals surface area contributed by atoms with Crippen LogP contribution in [0.3, 0.4) is 0 Å². The van der Waals surface area contributed by atoms with Crippen molar-refractivity contribution < 1.29 is 9.32 Å². The number of rotatable bonds is 4. The van der Waals surface area contributed by atoms with Gasteiger partial charge < -0.3 is 9.84 Å².